The maximum absolute atomic E-state index is 5.72. The van der Waals surface area contributed by atoms with Gasteiger partial charge in [0.2, 0.25) is 0 Å². The number of benzene rings is 2. The van der Waals surface area contributed by atoms with E-state index in [1.165, 1.54) is 0 Å². The minimum atomic E-state index is 0.816. The Bertz CT molecular complexity index is 595. The van der Waals surface area contributed by atoms with E-state index < -0.39 is 0 Å². The van der Waals surface area contributed by atoms with E-state index in [2.05, 4.69) is 0 Å². The molecule has 0 aliphatic heterocycles. The Labute approximate surface area is 105 Å². The zero-order valence-electron chi connectivity index (χ0n) is 9.74. The Morgan fingerprint density at radius 2 is 1.39 bits per heavy atom. The van der Waals surface area contributed by atoms with E-state index in [-0.39, 0.29) is 0 Å². The first-order valence-corrected chi connectivity index (χ1v) is 5.79. The van der Waals surface area contributed by atoms with Gasteiger partial charge in [0.05, 0.1) is 6.26 Å². The molecule has 0 fully saturated rings. The third-order valence-corrected chi connectivity index (χ3v) is 2.64. The van der Waals surface area contributed by atoms with Gasteiger partial charge in [-0.3, -0.25) is 0 Å². The van der Waals surface area contributed by atoms with Crippen LogP contribution in [0, 0.1) is 0 Å². The van der Waals surface area contributed by atoms with Crippen molar-refractivity contribution in [3.8, 4) is 22.8 Å². The van der Waals surface area contributed by atoms with Crippen molar-refractivity contribution in [2.45, 2.75) is 0 Å². The molecule has 0 saturated carbocycles. The zero-order chi connectivity index (χ0) is 12.2. The van der Waals surface area contributed by atoms with Gasteiger partial charge in [-0.05, 0) is 48.5 Å². The third-order valence-electron chi connectivity index (χ3n) is 2.64. The van der Waals surface area contributed by atoms with Gasteiger partial charge in [0, 0.05) is 5.56 Å². The van der Waals surface area contributed by atoms with Gasteiger partial charge in [-0.15, -0.1) is 0 Å². The lowest BCUT2D eigenvalue weighted by Crippen LogP contribution is -1.83. The van der Waals surface area contributed by atoms with Crippen molar-refractivity contribution >= 4 is 0 Å². The molecule has 1 aromatic heterocycles. The highest BCUT2D eigenvalue weighted by Gasteiger charge is 2.01. The molecule has 0 N–H and O–H groups in total. The molecule has 0 aliphatic rings. The molecule has 0 aliphatic carbocycles. The van der Waals surface area contributed by atoms with Crippen LogP contribution in [0.3, 0.4) is 0 Å². The first kappa shape index (κ1) is 10.7. The van der Waals surface area contributed by atoms with Crippen LogP contribution in [0.25, 0.3) is 11.3 Å². The van der Waals surface area contributed by atoms with Gasteiger partial charge >= 0.3 is 0 Å². The summed E-state index contributed by atoms with van der Waals surface area (Å²) in [7, 11) is 0. The molecule has 18 heavy (non-hydrogen) atoms. The van der Waals surface area contributed by atoms with E-state index in [0.717, 1.165) is 22.8 Å². The topological polar surface area (TPSA) is 22.4 Å². The predicted molar refractivity (Wildman–Crippen MR) is 70.7 cm³/mol. The lowest BCUT2D eigenvalue weighted by atomic mass is 10.2. The Balaban J connectivity index is 1.80. The standard InChI is InChI=1S/C16H12O2/c1-2-5-14(6-3-1)18-15-10-8-13(9-11-15)16-7-4-12-17-16/h1-12H. The van der Waals surface area contributed by atoms with Gasteiger partial charge in [-0.25, -0.2) is 0 Å². The van der Waals surface area contributed by atoms with Crippen LogP contribution in [0.5, 0.6) is 11.5 Å². The molecule has 2 heteroatoms. The Morgan fingerprint density at radius 3 is 2.06 bits per heavy atom. The van der Waals surface area contributed by atoms with Crippen LogP contribution in [-0.4, -0.2) is 0 Å². The van der Waals surface area contributed by atoms with E-state index in [0.29, 0.717) is 0 Å². The van der Waals surface area contributed by atoms with E-state index in [9.17, 15) is 0 Å². The van der Waals surface area contributed by atoms with Crippen molar-refractivity contribution in [1.82, 2.24) is 0 Å². The van der Waals surface area contributed by atoms with Gasteiger partial charge in [0.1, 0.15) is 17.3 Å². The van der Waals surface area contributed by atoms with Gasteiger partial charge in [-0.2, -0.15) is 0 Å². The molecule has 0 saturated heterocycles. The Hall–Kier alpha value is -2.48. The second-order valence-electron chi connectivity index (χ2n) is 3.92. The minimum Gasteiger partial charge on any atom is -0.464 e. The second-order valence-corrected chi connectivity index (χ2v) is 3.92. The molecule has 3 aromatic rings. The molecular weight excluding hydrogens is 224 g/mol. The van der Waals surface area contributed by atoms with Crippen molar-refractivity contribution in [3.63, 3.8) is 0 Å². The lowest BCUT2D eigenvalue weighted by Gasteiger charge is -2.05. The Morgan fingerprint density at radius 1 is 0.667 bits per heavy atom. The van der Waals surface area contributed by atoms with Gasteiger partial charge in [0.25, 0.3) is 0 Å². The monoisotopic (exact) mass is 236 g/mol. The van der Waals surface area contributed by atoms with Crippen LogP contribution < -0.4 is 4.74 Å². The lowest BCUT2D eigenvalue weighted by molar-refractivity contribution is 0.482. The SMILES string of the molecule is c1ccc(Oc2ccc(-c3ccco3)cc2)cc1. The van der Waals surface area contributed by atoms with Gasteiger partial charge < -0.3 is 9.15 Å². The maximum Gasteiger partial charge on any atom is 0.133 e. The first-order chi connectivity index (χ1) is 8.92. The average molecular weight is 236 g/mol. The minimum absolute atomic E-state index is 0.816. The van der Waals surface area contributed by atoms with Crippen molar-refractivity contribution in [3.05, 3.63) is 73.0 Å². The molecule has 0 bridgehead atoms. The van der Waals surface area contributed by atoms with Crippen LogP contribution >= 0.6 is 0 Å². The van der Waals surface area contributed by atoms with Gasteiger partial charge in [-0.1, -0.05) is 18.2 Å². The number of rotatable bonds is 3. The number of ether oxygens (including phenoxy) is 1. The van der Waals surface area contributed by atoms with Crippen molar-refractivity contribution < 1.29 is 9.15 Å². The molecule has 0 unspecified atom stereocenters. The molecule has 88 valence electrons. The summed E-state index contributed by atoms with van der Waals surface area (Å²) in [6.07, 6.45) is 1.67. The summed E-state index contributed by atoms with van der Waals surface area (Å²) in [6, 6.07) is 21.4. The maximum atomic E-state index is 5.72. The smallest absolute Gasteiger partial charge is 0.133 e. The number of hydrogen-bond acceptors (Lipinski definition) is 2. The zero-order valence-corrected chi connectivity index (χ0v) is 9.74. The number of hydrogen-bond donors (Lipinski definition) is 0. The number of para-hydroxylation sites is 1. The Kier molecular flexibility index (Phi) is 2.84. The summed E-state index contributed by atoms with van der Waals surface area (Å²) in [4.78, 5) is 0. The highest BCUT2D eigenvalue weighted by Crippen LogP contribution is 2.25. The number of furan rings is 1. The molecule has 0 spiro atoms. The molecular formula is C16H12O2. The van der Waals surface area contributed by atoms with E-state index in [1.54, 1.807) is 6.26 Å². The molecule has 0 amide bonds. The van der Waals surface area contributed by atoms with Crippen LogP contribution in [0.1, 0.15) is 0 Å². The summed E-state index contributed by atoms with van der Waals surface area (Å²) in [6.45, 7) is 0. The molecule has 0 radical (unpaired) electrons. The van der Waals surface area contributed by atoms with Crippen molar-refractivity contribution in [2.75, 3.05) is 0 Å². The third kappa shape index (κ3) is 2.28. The summed E-state index contributed by atoms with van der Waals surface area (Å²) in [5, 5.41) is 0. The fourth-order valence-electron chi connectivity index (χ4n) is 1.75. The van der Waals surface area contributed by atoms with Gasteiger partial charge in [0.15, 0.2) is 0 Å². The highest BCUT2D eigenvalue weighted by atomic mass is 16.5. The largest absolute Gasteiger partial charge is 0.464 e. The summed E-state index contributed by atoms with van der Waals surface area (Å²) >= 11 is 0. The molecule has 0 atom stereocenters. The fourth-order valence-corrected chi connectivity index (χ4v) is 1.75. The van der Waals surface area contributed by atoms with Crippen LogP contribution in [-0.2, 0) is 0 Å². The summed E-state index contributed by atoms with van der Waals surface area (Å²) < 4.78 is 11.1. The highest BCUT2D eigenvalue weighted by molar-refractivity contribution is 5.58. The fraction of sp³-hybridized carbons (Fsp3) is 0. The predicted octanol–water partition coefficient (Wildman–Crippen LogP) is 4.74. The van der Waals surface area contributed by atoms with E-state index >= 15 is 0 Å². The second kappa shape index (κ2) is 4.80. The van der Waals surface area contributed by atoms with Crippen LogP contribution in [0.4, 0.5) is 0 Å². The van der Waals surface area contributed by atoms with Crippen molar-refractivity contribution in [1.29, 1.82) is 0 Å². The summed E-state index contributed by atoms with van der Waals surface area (Å²) in [5.41, 5.74) is 1.04. The quantitative estimate of drug-likeness (QED) is 0.655. The summed E-state index contributed by atoms with van der Waals surface area (Å²) in [5.74, 6) is 2.51. The molecule has 2 aromatic carbocycles. The first-order valence-electron chi connectivity index (χ1n) is 5.79. The van der Waals surface area contributed by atoms with E-state index in [4.69, 9.17) is 9.15 Å². The molecule has 1 heterocycles. The average Bonchev–Trinajstić information content (AvgIpc) is 2.95. The normalized spacial score (nSPS) is 10.2. The van der Waals surface area contributed by atoms with Crippen LogP contribution in [0.2, 0.25) is 0 Å². The van der Waals surface area contributed by atoms with Crippen LogP contribution in [0.15, 0.2) is 77.4 Å². The van der Waals surface area contributed by atoms with Crippen molar-refractivity contribution in [2.24, 2.45) is 0 Å². The molecule has 3 rings (SSSR count). The molecule has 2 nitrogen and oxygen atoms in total. The van der Waals surface area contributed by atoms with E-state index in [1.807, 2.05) is 66.7 Å².